The summed E-state index contributed by atoms with van der Waals surface area (Å²) in [4.78, 5) is 22.8. The third kappa shape index (κ3) is 5.34. The van der Waals surface area contributed by atoms with E-state index in [9.17, 15) is 9.18 Å². The van der Waals surface area contributed by atoms with E-state index in [0.717, 1.165) is 43.4 Å². The fraction of sp³-hybridized carbons (Fsp3) is 0.0690. The minimum atomic E-state index is -0.283. The second-order valence-electron chi connectivity index (χ2n) is 8.21. The number of anilines is 1. The van der Waals surface area contributed by atoms with Crippen molar-refractivity contribution in [3.8, 4) is 32.3 Å². The van der Waals surface area contributed by atoms with Gasteiger partial charge < -0.3 is 5.32 Å². The lowest BCUT2D eigenvalue weighted by atomic mass is 10.1. The lowest BCUT2D eigenvalue weighted by Crippen LogP contribution is -2.15. The van der Waals surface area contributed by atoms with E-state index in [4.69, 9.17) is 4.98 Å². The number of carbonyl (C=O) groups excluding carboxylic acids is 1. The Balaban J connectivity index is 1.50. The van der Waals surface area contributed by atoms with Gasteiger partial charge in [-0.25, -0.2) is 14.4 Å². The summed E-state index contributed by atoms with van der Waals surface area (Å²) >= 11 is 1.53. The van der Waals surface area contributed by atoms with Crippen molar-refractivity contribution in [1.82, 2.24) is 9.97 Å². The van der Waals surface area contributed by atoms with Gasteiger partial charge in [-0.2, -0.15) is 0 Å². The maximum Gasteiger partial charge on any atom is 0.229 e. The number of rotatable bonds is 6. The van der Waals surface area contributed by atoms with E-state index in [1.54, 1.807) is 18.3 Å². The molecule has 0 radical (unpaired) electrons. The lowest BCUT2D eigenvalue weighted by Gasteiger charge is -2.08. The Hall–Kier alpha value is -4.16. The average molecular weight is 480 g/mol. The molecule has 35 heavy (non-hydrogen) atoms. The number of carbonyl (C=O) groups is 1. The van der Waals surface area contributed by atoms with E-state index >= 15 is 0 Å². The molecule has 0 aliphatic rings. The molecule has 3 aromatic carbocycles. The fourth-order valence-electron chi connectivity index (χ4n) is 3.83. The molecule has 1 amide bonds. The molecule has 0 atom stereocenters. The quantitative estimate of drug-likeness (QED) is 0.281. The van der Waals surface area contributed by atoms with Gasteiger partial charge in [0.25, 0.3) is 0 Å². The molecule has 0 aliphatic heterocycles. The Kier molecular flexibility index (Phi) is 6.46. The van der Waals surface area contributed by atoms with Crippen molar-refractivity contribution < 1.29 is 9.18 Å². The number of pyridine rings is 1. The van der Waals surface area contributed by atoms with Crippen LogP contribution < -0.4 is 5.32 Å². The van der Waals surface area contributed by atoms with Crippen LogP contribution in [-0.4, -0.2) is 15.9 Å². The number of amides is 1. The molecule has 6 heteroatoms. The predicted molar refractivity (Wildman–Crippen MR) is 140 cm³/mol. The highest BCUT2D eigenvalue weighted by Gasteiger charge is 2.17. The highest BCUT2D eigenvalue weighted by Crippen LogP contribution is 2.41. The molecule has 172 valence electrons. The molecular formula is C29H22FN3OS. The third-order valence-corrected chi connectivity index (χ3v) is 6.66. The van der Waals surface area contributed by atoms with Crippen molar-refractivity contribution >= 4 is 23.1 Å². The summed E-state index contributed by atoms with van der Waals surface area (Å²) in [5.74, 6) is 0.0703. The van der Waals surface area contributed by atoms with Gasteiger partial charge in [0.2, 0.25) is 5.91 Å². The Bertz CT molecular complexity index is 1480. The maximum absolute atomic E-state index is 13.5. The molecule has 5 rings (SSSR count). The van der Waals surface area contributed by atoms with Crippen LogP contribution >= 0.6 is 11.3 Å². The number of aromatic nitrogens is 2. The second-order valence-corrected chi connectivity index (χ2v) is 9.21. The first-order chi connectivity index (χ1) is 17.0. The van der Waals surface area contributed by atoms with Gasteiger partial charge in [-0.05, 0) is 60.5 Å². The smallest absolute Gasteiger partial charge is 0.229 e. The Labute approximate surface area is 207 Å². The van der Waals surface area contributed by atoms with Gasteiger partial charge in [-0.15, -0.1) is 11.3 Å². The van der Waals surface area contributed by atoms with Gasteiger partial charge in [-0.1, -0.05) is 54.1 Å². The molecule has 0 spiro atoms. The standard InChI is InChI=1S/C29H22FN3OS/c1-19-6-5-9-22(16-19)27-28(35-29(33-27)21-10-12-24(30)13-11-21)23-14-15-31-25(18-23)32-26(34)17-20-7-3-2-4-8-20/h2-16,18H,17H2,1H3,(H,31,32,34). The van der Waals surface area contributed by atoms with Crippen molar-refractivity contribution in [2.45, 2.75) is 13.3 Å². The first-order valence-corrected chi connectivity index (χ1v) is 12.0. The van der Waals surface area contributed by atoms with Gasteiger partial charge >= 0.3 is 0 Å². The molecule has 0 aliphatic carbocycles. The summed E-state index contributed by atoms with van der Waals surface area (Å²) < 4.78 is 13.5. The van der Waals surface area contributed by atoms with Gasteiger partial charge in [-0.3, -0.25) is 4.79 Å². The summed E-state index contributed by atoms with van der Waals surface area (Å²) in [7, 11) is 0. The number of benzene rings is 3. The average Bonchev–Trinajstić information content (AvgIpc) is 3.31. The zero-order valence-electron chi connectivity index (χ0n) is 19.0. The molecule has 2 heterocycles. The van der Waals surface area contributed by atoms with Crippen LogP contribution in [0, 0.1) is 12.7 Å². The van der Waals surface area contributed by atoms with E-state index in [2.05, 4.69) is 16.4 Å². The molecule has 1 N–H and O–H groups in total. The number of thiazole rings is 1. The molecule has 0 bridgehead atoms. The van der Waals surface area contributed by atoms with E-state index in [1.807, 2.05) is 67.6 Å². The molecule has 0 saturated heterocycles. The lowest BCUT2D eigenvalue weighted by molar-refractivity contribution is -0.115. The summed E-state index contributed by atoms with van der Waals surface area (Å²) in [5.41, 5.74) is 5.66. The van der Waals surface area contributed by atoms with E-state index in [1.165, 1.54) is 23.5 Å². The molecule has 4 nitrogen and oxygen atoms in total. The molecule has 5 aromatic rings. The van der Waals surface area contributed by atoms with Crippen LogP contribution in [0.2, 0.25) is 0 Å². The van der Waals surface area contributed by atoms with Crippen molar-refractivity contribution in [1.29, 1.82) is 0 Å². The largest absolute Gasteiger partial charge is 0.310 e. The van der Waals surface area contributed by atoms with Gasteiger partial charge in [0.05, 0.1) is 17.0 Å². The van der Waals surface area contributed by atoms with E-state index < -0.39 is 0 Å². The zero-order valence-corrected chi connectivity index (χ0v) is 19.9. The first-order valence-electron chi connectivity index (χ1n) is 11.2. The molecule has 0 unspecified atom stereocenters. The van der Waals surface area contributed by atoms with Crippen LogP contribution in [0.1, 0.15) is 11.1 Å². The maximum atomic E-state index is 13.5. The first kappa shape index (κ1) is 22.6. The number of hydrogen-bond acceptors (Lipinski definition) is 4. The predicted octanol–water partition coefficient (Wildman–Crippen LogP) is 7.17. The Morgan fingerprint density at radius 1 is 0.886 bits per heavy atom. The number of aryl methyl sites for hydroxylation is 1. The van der Waals surface area contributed by atoms with Crippen LogP contribution in [-0.2, 0) is 11.2 Å². The Morgan fingerprint density at radius 3 is 2.46 bits per heavy atom. The number of nitrogens with zero attached hydrogens (tertiary/aromatic N) is 2. The molecule has 2 aromatic heterocycles. The van der Waals surface area contributed by atoms with Crippen LogP contribution in [0.3, 0.4) is 0 Å². The summed E-state index contributed by atoms with van der Waals surface area (Å²) in [5, 5.41) is 3.70. The number of nitrogens with one attached hydrogen (secondary N) is 1. The summed E-state index contributed by atoms with van der Waals surface area (Å²) in [6.07, 6.45) is 1.96. The van der Waals surface area contributed by atoms with Crippen molar-refractivity contribution in [2.24, 2.45) is 0 Å². The van der Waals surface area contributed by atoms with Crippen LogP contribution in [0.4, 0.5) is 10.2 Å². The van der Waals surface area contributed by atoms with E-state index in [-0.39, 0.29) is 18.1 Å². The minimum absolute atomic E-state index is 0.129. The monoisotopic (exact) mass is 479 g/mol. The van der Waals surface area contributed by atoms with Crippen LogP contribution in [0.15, 0.2) is 97.2 Å². The highest BCUT2D eigenvalue weighted by atomic mass is 32.1. The topological polar surface area (TPSA) is 54.9 Å². The van der Waals surface area contributed by atoms with Gasteiger partial charge in [0, 0.05) is 17.3 Å². The van der Waals surface area contributed by atoms with Crippen molar-refractivity contribution in [3.05, 3.63) is 114 Å². The molecule has 0 saturated carbocycles. The molecular weight excluding hydrogens is 457 g/mol. The van der Waals surface area contributed by atoms with E-state index in [0.29, 0.717) is 5.82 Å². The summed E-state index contributed by atoms with van der Waals surface area (Å²) in [6.45, 7) is 2.04. The zero-order chi connectivity index (χ0) is 24.2. The SMILES string of the molecule is Cc1cccc(-c2nc(-c3ccc(F)cc3)sc2-c2ccnc(NC(=O)Cc3ccccc3)c2)c1. The fourth-order valence-corrected chi connectivity index (χ4v) is 4.92. The second kappa shape index (κ2) is 9.99. The normalized spacial score (nSPS) is 10.8. The third-order valence-electron chi connectivity index (χ3n) is 5.51. The Morgan fingerprint density at radius 2 is 1.69 bits per heavy atom. The summed E-state index contributed by atoms with van der Waals surface area (Å²) in [6, 6.07) is 27.9. The van der Waals surface area contributed by atoms with Crippen LogP contribution in [0.25, 0.3) is 32.3 Å². The number of halogens is 1. The van der Waals surface area contributed by atoms with Crippen molar-refractivity contribution in [2.75, 3.05) is 5.32 Å². The molecule has 0 fully saturated rings. The van der Waals surface area contributed by atoms with Crippen LogP contribution in [0.5, 0.6) is 0 Å². The van der Waals surface area contributed by atoms with Crippen molar-refractivity contribution in [3.63, 3.8) is 0 Å². The van der Waals surface area contributed by atoms with Gasteiger partial charge in [0.15, 0.2) is 0 Å². The minimum Gasteiger partial charge on any atom is -0.310 e. The number of hydrogen-bond donors (Lipinski definition) is 1. The highest BCUT2D eigenvalue weighted by molar-refractivity contribution is 7.19. The van der Waals surface area contributed by atoms with Gasteiger partial charge in [0.1, 0.15) is 16.6 Å².